The molecule has 40 heavy (non-hydrogen) atoms. The molecule has 0 amide bonds. The molecule has 4 rings (SSSR count). The number of benzene rings is 3. The molecule has 11 heteroatoms. The molecule has 1 atom stereocenters. The van der Waals surface area contributed by atoms with Crippen molar-refractivity contribution in [3.8, 4) is 11.5 Å². The fraction of sp³-hybridized carbons (Fsp3) is 0.172. The lowest BCUT2D eigenvalue weighted by atomic mass is 9.93. The lowest BCUT2D eigenvalue weighted by Gasteiger charge is -2.36. The van der Waals surface area contributed by atoms with Gasteiger partial charge in [-0.25, -0.2) is 4.79 Å². The Kier molecular flexibility index (Phi) is 7.94. The minimum Gasteiger partial charge on any atom is -0.497 e. The SMILES string of the molecule is COC(=O)CC1(O)C(=O)C(C(=O)c2ccc(OC)cc2)=C(c2ccc(OC)cc2)N1c1ccc(Cl)cc1C(=O)O. The van der Waals surface area contributed by atoms with Crippen LogP contribution in [0.25, 0.3) is 5.70 Å². The number of carbonyl (C=O) groups is 4. The molecule has 3 aromatic carbocycles. The predicted octanol–water partition coefficient (Wildman–Crippen LogP) is 3.99. The molecule has 0 saturated heterocycles. The van der Waals surface area contributed by atoms with Crippen LogP contribution in [0.4, 0.5) is 5.69 Å². The Morgan fingerprint density at radius 1 is 0.900 bits per heavy atom. The molecule has 0 bridgehead atoms. The number of rotatable bonds is 9. The van der Waals surface area contributed by atoms with Crippen LogP contribution in [0, 0.1) is 0 Å². The lowest BCUT2D eigenvalue weighted by Crippen LogP contribution is -2.52. The summed E-state index contributed by atoms with van der Waals surface area (Å²) >= 11 is 6.07. The first-order chi connectivity index (χ1) is 19.0. The normalized spacial score (nSPS) is 16.6. The number of hydrogen-bond acceptors (Lipinski definition) is 9. The summed E-state index contributed by atoms with van der Waals surface area (Å²) in [4.78, 5) is 53.7. The molecule has 0 saturated carbocycles. The number of Topliss-reactive ketones (excluding diaryl/α,β-unsaturated/α-hetero) is 2. The minimum absolute atomic E-state index is 0.0766. The number of carbonyl (C=O) groups excluding carboxylic acids is 3. The van der Waals surface area contributed by atoms with Gasteiger partial charge in [-0.15, -0.1) is 0 Å². The standard InChI is InChI=1S/C29H24ClNO9/c1-38-19-9-4-16(5-10-19)25-24(26(33)17-6-11-20(39-2)12-7-17)27(34)29(37,15-23(32)40-3)31(25)22-13-8-18(30)14-21(22)28(35)36/h4-14,37H,15H2,1-3H3,(H,35,36). The maximum absolute atomic E-state index is 14.1. The molecule has 1 heterocycles. The molecule has 0 spiro atoms. The van der Waals surface area contributed by atoms with E-state index in [2.05, 4.69) is 0 Å². The van der Waals surface area contributed by atoms with Crippen LogP contribution >= 0.6 is 11.6 Å². The van der Waals surface area contributed by atoms with Crippen molar-refractivity contribution in [3.05, 3.63) is 94.0 Å². The van der Waals surface area contributed by atoms with Crippen molar-refractivity contribution in [1.29, 1.82) is 0 Å². The van der Waals surface area contributed by atoms with Crippen LogP contribution in [-0.2, 0) is 14.3 Å². The molecule has 1 aliphatic rings. The second-order valence-electron chi connectivity index (χ2n) is 8.71. The van der Waals surface area contributed by atoms with Gasteiger partial charge in [-0.2, -0.15) is 0 Å². The minimum atomic E-state index is -2.72. The van der Waals surface area contributed by atoms with Crippen molar-refractivity contribution in [3.63, 3.8) is 0 Å². The predicted molar refractivity (Wildman–Crippen MR) is 145 cm³/mol. The van der Waals surface area contributed by atoms with Crippen LogP contribution in [0.3, 0.4) is 0 Å². The number of aromatic carboxylic acids is 1. The average Bonchev–Trinajstić information content (AvgIpc) is 3.18. The molecule has 0 fully saturated rings. The quantitative estimate of drug-likeness (QED) is 0.222. The van der Waals surface area contributed by atoms with Gasteiger partial charge in [0.25, 0.3) is 0 Å². The summed E-state index contributed by atoms with van der Waals surface area (Å²) in [6, 6.07) is 15.9. The summed E-state index contributed by atoms with van der Waals surface area (Å²) in [5.41, 5.74) is -3.52. The molecule has 206 valence electrons. The van der Waals surface area contributed by atoms with Crippen molar-refractivity contribution in [2.45, 2.75) is 12.1 Å². The third kappa shape index (κ3) is 5.02. The molecule has 0 aliphatic carbocycles. The van der Waals surface area contributed by atoms with Crippen molar-refractivity contribution in [1.82, 2.24) is 0 Å². The average molecular weight is 566 g/mol. The number of methoxy groups -OCH3 is 3. The zero-order valence-corrected chi connectivity index (χ0v) is 22.4. The Balaban J connectivity index is 2.07. The number of esters is 1. The van der Waals surface area contributed by atoms with Crippen molar-refractivity contribution < 1.29 is 43.6 Å². The lowest BCUT2D eigenvalue weighted by molar-refractivity contribution is -0.150. The second kappa shape index (κ2) is 11.2. The third-order valence-corrected chi connectivity index (χ3v) is 6.65. The van der Waals surface area contributed by atoms with Crippen LogP contribution in [0.15, 0.2) is 72.3 Å². The van der Waals surface area contributed by atoms with Gasteiger partial charge in [-0.1, -0.05) is 11.6 Å². The van der Waals surface area contributed by atoms with Gasteiger partial charge in [0, 0.05) is 10.6 Å². The summed E-state index contributed by atoms with van der Waals surface area (Å²) in [6.07, 6.45) is -0.914. The second-order valence-corrected chi connectivity index (χ2v) is 9.15. The third-order valence-electron chi connectivity index (χ3n) is 6.41. The van der Waals surface area contributed by atoms with Gasteiger partial charge in [0.1, 0.15) is 17.9 Å². The number of anilines is 1. The van der Waals surface area contributed by atoms with E-state index in [1.807, 2.05) is 0 Å². The van der Waals surface area contributed by atoms with E-state index in [9.17, 15) is 29.4 Å². The van der Waals surface area contributed by atoms with E-state index in [0.717, 1.165) is 18.1 Å². The Morgan fingerprint density at radius 2 is 1.48 bits per heavy atom. The largest absolute Gasteiger partial charge is 0.497 e. The molecular formula is C29H24ClNO9. The summed E-state index contributed by atoms with van der Waals surface area (Å²) < 4.78 is 15.1. The number of carboxylic acid groups (broad SMARTS) is 1. The number of ether oxygens (including phenoxy) is 3. The van der Waals surface area contributed by atoms with Gasteiger partial charge in [0.2, 0.25) is 11.5 Å². The molecule has 10 nitrogen and oxygen atoms in total. The maximum Gasteiger partial charge on any atom is 0.337 e. The Hall–Kier alpha value is -4.67. The monoisotopic (exact) mass is 565 g/mol. The van der Waals surface area contributed by atoms with Gasteiger partial charge < -0.3 is 29.3 Å². The van der Waals surface area contributed by atoms with Crippen LogP contribution in [0.5, 0.6) is 11.5 Å². The molecule has 1 aliphatic heterocycles. The van der Waals surface area contributed by atoms with Crippen LogP contribution < -0.4 is 14.4 Å². The Morgan fingerprint density at radius 3 is 2.00 bits per heavy atom. The summed E-state index contributed by atoms with van der Waals surface area (Å²) in [7, 11) is 3.99. The topological polar surface area (TPSA) is 140 Å². The first-order valence-corrected chi connectivity index (χ1v) is 12.2. The van der Waals surface area contributed by atoms with Gasteiger partial charge in [0.15, 0.2) is 5.78 Å². The number of carboxylic acids is 1. The zero-order chi connectivity index (χ0) is 29.2. The molecule has 2 N–H and O–H groups in total. The van der Waals surface area contributed by atoms with Crippen molar-refractivity contribution in [2.24, 2.45) is 0 Å². The fourth-order valence-corrected chi connectivity index (χ4v) is 4.62. The number of halogens is 1. The molecule has 3 aromatic rings. The van der Waals surface area contributed by atoms with Crippen molar-refractivity contribution >= 4 is 46.5 Å². The van der Waals surface area contributed by atoms with E-state index in [-0.39, 0.29) is 33.1 Å². The number of hydrogen-bond donors (Lipinski definition) is 2. The van der Waals surface area contributed by atoms with E-state index in [4.69, 9.17) is 25.8 Å². The van der Waals surface area contributed by atoms with E-state index >= 15 is 0 Å². The number of nitrogens with zero attached hydrogens (tertiary/aromatic N) is 1. The molecular weight excluding hydrogens is 542 g/mol. The summed E-state index contributed by atoms with van der Waals surface area (Å²) in [5.74, 6) is -3.35. The molecule has 0 aromatic heterocycles. The highest BCUT2D eigenvalue weighted by Crippen LogP contribution is 2.46. The van der Waals surface area contributed by atoms with E-state index < -0.39 is 41.2 Å². The first-order valence-electron chi connectivity index (χ1n) is 11.8. The highest BCUT2D eigenvalue weighted by Gasteiger charge is 2.56. The molecule has 0 radical (unpaired) electrons. The first kappa shape index (κ1) is 28.3. The smallest absolute Gasteiger partial charge is 0.337 e. The van der Waals surface area contributed by atoms with E-state index in [1.54, 1.807) is 12.1 Å². The number of ketones is 2. The molecule has 1 unspecified atom stereocenters. The van der Waals surface area contributed by atoms with Crippen LogP contribution in [-0.4, -0.2) is 60.8 Å². The van der Waals surface area contributed by atoms with Crippen molar-refractivity contribution in [2.75, 3.05) is 26.2 Å². The summed E-state index contributed by atoms with van der Waals surface area (Å²) in [6.45, 7) is 0. The van der Waals surface area contributed by atoms with Gasteiger partial charge in [0.05, 0.1) is 43.9 Å². The highest BCUT2D eigenvalue weighted by molar-refractivity contribution is 6.37. The van der Waals surface area contributed by atoms with E-state index in [0.29, 0.717) is 11.5 Å². The van der Waals surface area contributed by atoms with Gasteiger partial charge in [-0.05, 0) is 72.3 Å². The highest BCUT2D eigenvalue weighted by atomic mass is 35.5. The Bertz CT molecular complexity index is 1530. The number of aliphatic hydroxyl groups is 1. The van der Waals surface area contributed by atoms with Crippen LogP contribution in [0.2, 0.25) is 5.02 Å². The maximum atomic E-state index is 14.1. The van der Waals surface area contributed by atoms with Gasteiger partial charge in [-0.3, -0.25) is 14.4 Å². The zero-order valence-electron chi connectivity index (χ0n) is 21.6. The Labute approximate surface area is 234 Å². The van der Waals surface area contributed by atoms with Crippen LogP contribution in [0.1, 0.15) is 32.7 Å². The van der Waals surface area contributed by atoms with E-state index in [1.165, 1.54) is 62.8 Å². The fourth-order valence-electron chi connectivity index (χ4n) is 4.45. The van der Waals surface area contributed by atoms with Gasteiger partial charge >= 0.3 is 11.9 Å². The summed E-state index contributed by atoms with van der Waals surface area (Å²) in [5, 5.41) is 22.0.